The molecule has 4 heteroatoms. The molecular formula is C94H88FNOS. The predicted octanol–water partition coefficient (Wildman–Crippen LogP) is 27.2. The van der Waals surface area contributed by atoms with Crippen LogP contribution in [0.1, 0.15) is 93.0 Å². The maximum absolute atomic E-state index is 12.1. The summed E-state index contributed by atoms with van der Waals surface area (Å²) in [7, 11) is 0. The van der Waals surface area contributed by atoms with Crippen molar-refractivity contribution in [3.63, 3.8) is 0 Å². The first-order valence-corrected chi connectivity index (χ1v) is 33.8. The third-order valence-electron chi connectivity index (χ3n) is 16.8. The van der Waals surface area contributed by atoms with Crippen LogP contribution in [0.3, 0.4) is 0 Å². The zero-order chi connectivity index (χ0) is 73.9. The maximum atomic E-state index is 12.1. The molecule has 0 spiro atoms. The number of nitriles is 1. The molecule has 0 saturated heterocycles. The Balaban J connectivity index is 0.000000136. The van der Waals surface area contributed by atoms with Crippen molar-refractivity contribution >= 4 is 75.0 Å². The fraction of sp³-hybridized carbons (Fsp3) is 0.138. The van der Waals surface area contributed by atoms with E-state index in [1.54, 1.807) is 12.1 Å². The molecule has 0 radical (unpaired) electrons. The standard InChI is InChI=1S/C16H16.C13H10O.C13H10S.2C11H10.C8H7N.C8H10.C7H7F.C7H8/c1-11-8-9-13-12-6-4-5-7-14(12)16(2,3)15(13)10-11;2*1-9-6-7-11-10-4-2-3-5-12(10)14-13(11)8-9;1-9-5-4-7-10-6-2-3-8-11(9)10;1-9-6-7-10-4-2-3-5-11(10)8-9;1-7-2-4-8(6-9)5-3-7;1-7-3-5-8(2)6-4-7;1-6-2-4-7(8)5-3-6;1-7-5-3-2-4-6-7/h4-10H,1-3H3;2*2-8H,1H3;2*2-8H,1H3;2-5H,1H3;3-6H,1-2H3;2-5H,1H3;2-6H,1H3/i;;;;;;;;2D,3D,4D,5D,6D. The number of aryl methyl sites for hydroxylation is 9. The molecule has 16 aromatic rings. The van der Waals surface area contributed by atoms with Gasteiger partial charge in [-0.05, 0) is 178 Å². The average molecular weight is 1300 g/mol. The van der Waals surface area contributed by atoms with Crippen LogP contribution < -0.4 is 0 Å². The van der Waals surface area contributed by atoms with Crippen molar-refractivity contribution in [2.75, 3.05) is 0 Å². The van der Waals surface area contributed by atoms with Crippen molar-refractivity contribution in [1.82, 2.24) is 0 Å². The van der Waals surface area contributed by atoms with Crippen molar-refractivity contribution in [3.05, 3.63) is 393 Å². The summed E-state index contributed by atoms with van der Waals surface area (Å²) in [6, 6.07) is 98.3. The molecule has 0 fully saturated rings. The molecule has 0 atom stereocenters. The van der Waals surface area contributed by atoms with Crippen LogP contribution in [0.4, 0.5) is 4.39 Å². The number of benzene rings is 14. The van der Waals surface area contributed by atoms with Crippen LogP contribution in [-0.2, 0) is 5.41 Å². The minimum absolute atomic E-state index is 0.124. The molecule has 2 aromatic heterocycles. The van der Waals surface area contributed by atoms with Crippen molar-refractivity contribution < 1.29 is 15.7 Å². The highest BCUT2D eigenvalue weighted by Crippen LogP contribution is 2.48. The van der Waals surface area contributed by atoms with E-state index in [1.165, 1.54) is 138 Å². The normalized spacial score (nSPS) is 11.7. The van der Waals surface area contributed by atoms with Crippen LogP contribution in [-0.4, -0.2) is 0 Å². The van der Waals surface area contributed by atoms with Crippen molar-refractivity contribution in [3.8, 4) is 17.2 Å². The highest BCUT2D eigenvalue weighted by Gasteiger charge is 2.34. The monoisotopic (exact) mass is 1300 g/mol. The van der Waals surface area contributed by atoms with Gasteiger partial charge in [0.15, 0.2) is 0 Å². The van der Waals surface area contributed by atoms with Crippen LogP contribution in [0.2, 0.25) is 0 Å². The average Bonchev–Trinajstić information content (AvgIpc) is 1.59. The number of thiophene rings is 1. The van der Waals surface area contributed by atoms with Gasteiger partial charge in [-0.3, -0.25) is 0 Å². The number of hydrogen-bond donors (Lipinski definition) is 0. The smallest absolute Gasteiger partial charge is 0.135 e. The van der Waals surface area contributed by atoms with Gasteiger partial charge in [0.05, 0.1) is 18.5 Å². The van der Waals surface area contributed by atoms with E-state index in [1.807, 2.05) is 67.6 Å². The molecule has 0 aliphatic heterocycles. The van der Waals surface area contributed by atoms with Crippen molar-refractivity contribution in [2.24, 2.45) is 0 Å². The molecule has 2 heterocycles. The lowest BCUT2D eigenvalue weighted by Crippen LogP contribution is -2.14. The Morgan fingerprint density at radius 2 is 0.806 bits per heavy atom. The molecule has 1 aliphatic rings. The lowest BCUT2D eigenvalue weighted by molar-refractivity contribution is 0.627. The van der Waals surface area contributed by atoms with Crippen molar-refractivity contribution in [1.29, 1.82) is 5.26 Å². The summed E-state index contributed by atoms with van der Waals surface area (Å²) in [5.41, 5.74) is 20.4. The van der Waals surface area contributed by atoms with Gasteiger partial charge in [0.2, 0.25) is 0 Å². The zero-order valence-electron chi connectivity index (χ0n) is 63.3. The van der Waals surface area contributed by atoms with Gasteiger partial charge in [-0.15, -0.1) is 11.3 Å². The Bertz CT molecular complexity index is 5260. The van der Waals surface area contributed by atoms with Crippen LogP contribution in [0.15, 0.2) is 320 Å². The SMILES string of the molecule is Cc1ccc(C#N)cc1.Cc1ccc(C)cc1.Cc1ccc(F)cc1.Cc1ccc2c(c1)C(C)(C)c1ccccc1-2.Cc1ccc2c(c1)oc1ccccc12.Cc1ccc2c(c1)sc1ccccc12.Cc1ccc2ccccc2c1.Cc1cccc2ccccc12.[2H]c1c([2H])c([2H])c(C)c([2H])c1[2H]. The third kappa shape index (κ3) is 19.8. The van der Waals surface area contributed by atoms with E-state index in [0.717, 1.165) is 22.3 Å². The van der Waals surface area contributed by atoms with Gasteiger partial charge in [-0.2, -0.15) is 5.26 Å². The van der Waals surface area contributed by atoms with E-state index in [0.29, 0.717) is 5.56 Å². The Hall–Kier alpha value is -11.0. The number of fused-ring (bicyclic) bond motifs is 11. The molecule has 14 aromatic carbocycles. The van der Waals surface area contributed by atoms with Crippen LogP contribution in [0.5, 0.6) is 0 Å². The summed E-state index contributed by atoms with van der Waals surface area (Å²) in [6.07, 6.45) is 0. The second-order valence-corrected chi connectivity index (χ2v) is 26.3. The van der Waals surface area contributed by atoms with Crippen LogP contribution in [0.25, 0.3) is 74.8 Å². The van der Waals surface area contributed by atoms with E-state index in [2.05, 4.69) is 287 Å². The molecule has 0 unspecified atom stereocenters. The number of nitrogens with zero attached hydrogens (tertiary/aromatic N) is 1. The molecule has 488 valence electrons. The first-order chi connectivity index (χ1) is 49.4. The van der Waals surface area contributed by atoms with Gasteiger partial charge in [0.1, 0.15) is 17.0 Å². The quantitative estimate of drug-likeness (QED) is 0.152. The number of para-hydroxylation sites is 1. The summed E-state index contributed by atoms with van der Waals surface area (Å²) in [5, 5.41) is 18.9. The van der Waals surface area contributed by atoms with E-state index < -0.39 is 0 Å². The highest BCUT2D eigenvalue weighted by molar-refractivity contribution is 7.25. The summed E-state index contributed by atoms with van der Waals surface area (Å²) < 4.78 is 56.9. The van der Waals surface area contributed by atoms with E-state index in [4.69, 9.17) is 16.5 Å². The van der Waals surface area contributed by atoms with Crippen LogP contribution >= 0.6 is 11.3 Å². The molecule has 0 N–H and O–H groups in total. The van der Waals surface area contributed by atoms with E-state index in [-0.39, 0.29) is 41.4 Å². The molecule has 17 rings (SSSR count). The third-order valence-corrected chi connectivity index (χ3v) is 17.9. The minimum Gasteiger partial charge on any atom is -0.456 e. The summed E-state index contributed by atoms with van der Waals surface area (Å²) in [5.74, 6) is -0.171. The molecule has 98 heavy (non-hydrogen) atoms. The Morgan fingerprint density at radius 3 is 1.46 bits per heavy atom. The lowest BCUT2D eigenvalue weighted by atomic mass is 9.82. The molecule has 0 bridgehead atoms. The zero-order valence-corrected chi connectivity index (χ0v) is 59.1. The Morgan fingerprint density at radius 1 is 0.347 bits per heavy atom. The molecule has 0 saturated carbocycles. The predicted molar refractivity (Wildman–Crippen MR) is 423 cm³/mol. The Labute approximate surface area is 591 Å². The summed E-state index contributed by atoms with van der Waals surface area (Å²) >= 11 is 1.88. The summed E-state index contributed by atoms with van der Waals surface area (Å²) in [4.78, 5) is 0. The number of furan rings is 1. The molecule has 0 amide bonds. The minimum atomic E-state index is -0.337. The number of halogens is 1. The van der Waals surface area contributed by atoms with Gasteiger partial charge in [0.25, 0.3) is 0 Å². The topological polar surface area (TPSA) is 36.9 Å². The highest BCUT2D eigenvalue weighted by atomic mass is 32.1. The fourth-order valence-electron chi connectivity index (χ4n) is 11.3. The van der Waals surface area contributed by atoms with Gasteiger partial charge < -0.3 is 4.42 Å². The first-order valence-electron chi connectivity index (χ1n) is 35.5. The second kappa shape index (κ2) is 34.6. The molecule has 2 nitrogen and oxygen atoms in total. The number of rotatable bonds is 0. The lowest BCUT2D eigenvalue weighted by Gasteiger charge is -2.21. The molecule has 1 aliphatic carbocycles. The van der Waals surface area contributed by atoms with Gasteiger partial charge in [0, 0.05) is 36.4 Å². The van der Waals surface area contributed by atoms with Gasteiger partial charge in [-0.25, -0.2) is 4.39 Å². The molecular weight excluding hydrogens is 1210 g/mol. The van der Waals surface area contributed by atoms with Crippen LogP contribution in [0, 0.1) is 86.4 Å². The van der Waals surface area contributed by atoms with E-state index in [9.17, 15) is 4.39 Å². The maximum Gasteiger partial charge on any atom is 0.135 e. The largest absolute Gasteiger partial charge is 0.456 e. The van der Waals surface area contributed by atoms with E-state index >= 15 is 0 Å². The summed E-state index contributed by atoms with van der Waals surface area (Å²) in [6.45, 7) is 24.9. The second-order valence-electron chi connectivity index (χ2n) is 25.2. The Kier molecular flexibility index (Phi) is 22.8. The number of hydrogen-bond acceptors (Lipinski definition) is 3. The fourth-order valence-corrected chi connectivity index (χ4v) is 12.5. The van der Waals surface area contributed by atoms with Gasteiger partial charge >= 0.3 is 0 Å². The van der Waals surface area contributed by atoms with Gasteiger partial charge in [-0.1, -0.05) is 320 Å². The first kappa shape index (κ1) is 64.4. The van der Waals surface area contributed by atoms with Crippen molar-refractivity contribution in [2.45, 2.75) is 88.5 Å².